The molecule has 0 bridgehead atoms. The van der Waals surface area contributed by atoms with Crippen LogP contribution in [0.4, 0.5) is 5.69 Å². The minimum absolute atomic E-state index is 0.192. The van der Waals surface area contributed by atoms with E-state index >= 15 is 0 Å². The molecule has 0 heterocycles. The highest BCUT2D eigenvalue weighted by molar-refractivity contribution is 7.80. The Kier molecular flexibility index (Phi) is 7.95. The van der Waals surface area contributed by atoms with E-state index in [9.17, 15) is 9.59 Å². The third kappa shape index (κ3) is 6.49. The lowest BCUT2D eigenvalue weighted by Gasteiger charge is -2.10. The van der Waals surface area contributed by atoms with Gasteiger partial charge in [0.15, 0.2) is 5.11 Å². The van der Waals surface area contributed by atoms with Crippen LogP contribution in [0.1, 0.15) is 53.0 Å². The lowest BCUT2D eigenvalue weighted by molar-refractivity contribution is 0.0499. The first-order valence-electron chi connectivity index (χ1n) is 9.02. The Bertz CT molecular complexity index is 786. The number of thiocarbonyl (C=S) groups is 1. The van der Waals surface area contributed by atoms with Crippen molar-refractivity contribution in [3.63, 3.8) is 0 Å². The van der Waals surface area contributed by atoms with Crippen LogP contribution in [0.3, 0.4) is 0 Å². The quantitative estimate of drug-likeness (QED) is 0.422. The summed E-state index contributed by atoms with van der Waals surface area (Å²) in [6, 6.07) is 14.1. The monoisotopic (exact) mass is 384 g/mol. The standard InChI is InChI=1S/C21H24N2O3S/c1-3-5-14-26-20(25)17-10-12-18(13-11-17)22-21(27)23-19(24)16-8-6-15(4-2)7-9-16/h6-13H,3-5,14H2,1-2H3,(H2,22,23,24,27). The Hall–Kier alpha value is -2.73. The molecule has 0 unspecified atom stereocenters. The van der Waals surface area contributed by atoms with Crippen molar-refractivity contribution in [2.24, 2.45) is 0 Å². The summed E-state index contributed by atoms with van der Waals surface area (Å²) in [4.78, 5) is 24.1. The molecule has 1 amide bonds. The summed E-state index contributed by atoms with van der Waals surface area (Å²) in [7, 11) is 0. The molecule has 0 spiro atoms. The van der Waals surface area contributed by atoms with E-state index in [-0.39, 0.29) is 17.0 Å². The number of esters is 1. The summed E-state index contributed by atoms with van der Waals surface area (Å²) >= 11 is 5.18. The van der Waals surface area contributed by atoms with Crippen LogP contribution in [-0.4, -0.2) is 23.6 Å². The second-order valence-electron chi connectivity index (χ2n) is 6.03. The van der Waals surface area contributed by atoms with Gasteiger partial charge in [-0.3, -0.25) is 10.1 Å². The topological polar surface area (TPSA) is 67.4 Å². The first-order valence-corrected chi connectivity index (χ1v) is 9.42. The second kappa shape index (κ2) is 10.4. The van der Waals surface area contributed by atoms with Crippen LogP contribution in [0, 0.1) is 0 Å². The van der Waals surface area contributed by atoms with Crippen molar-refractivity contribution in [2.45, 2.75) is 33.1 Å². The van der Waals surface area contributed by atoms with Gasteiger partial charge in [-0.25, -0.2) is 4.79 Å². The third-order valence-corrected chi connectivity index (χ3v) is 4.17. The third-order valence-electron chi connectivity index (χ3n) is 3.96. The molecule has 2 N–H and O–H groups in total. The zero-order chi connectivity index (χ0) is 19.6. The van der Waals surface area contributed by atoms with Crippen LogP contribution in [0.25, 0.3) is 0 Å². The number of ether oxygens (including phenoxy) is 1. The fraction of sp³-hybridized carbons (Fsp3) is 0.286. The number of carbonyl (C=O) groups is 2. The van der Waals surface area contributed by atoms with Crippen molar-refractivity contribution in [3.8, 4) is 0 Å². The maximum Gasteiger partial charge on any atom is 0.338 e. The van der Waals surface area contributed by atoms with Gasteiger partial charge >= 0.3 is 5.97 Å². The molecule has 0 aliphatic heterocycles. The van der Waals surface area contributed by atoms with Crippen LogP contribution in [0.2, 0.25) is 0 Å². The Morgan fingerprint density at radius 2 is 1.59 bits per heavy atom. The van der Waals surface area contributed by atoms with Gasteiger partial charge in [0.25, 0.3) is 5.91 Å². The number of unbranched alkanes of at least 4 members (excludes halogenated alkanes) is 1. The minimum atomic E-state index is -0.346. The van der Waals surface area contributed by atoms with Crippen molar-refractivity contribution in [2.75, 3.05) is 11.9 Å². The molecule has 0 saturated carbocycles. The van der Waals surface area contributed by atoms with Gasteiger partial charge in [0.1, 0.15) is 0 Å². The first-order chi connectivity index (χ1) is 13.0. The van der Waals surface area contributed by atoms with E-state index in [4.69, 9.17) is 17.0 Å². The van der Waals surface area contributed by atoms with Gasteiger partial charge < -0.3 is 10.1 Å². The number of amides is 1. The molecule has 2 aromatic rings. The van der Waals surface area contributed by atoms with Crippen LogP contribution in [0.5, 0.6) is 0 Å². The highest BCUT2D eigenvalue weighted by Crippen LogP contribution is 2.11. The van der Waals surface area contributed by atoms with E-state index in [1.807, 2.05) is 19.1 Å². The lowest BCUT2D eigenvalue weighted by Crippen LogP contribution is -2.34. The van der Waals surface area contributed by atoms with E-state index in [0.717, 1.165) is 19.3 Å². The molecular formula is C21H24N2O3S. The maximum absolute atomic E-state index is 12.2. The summed E-state index contributed by atoms with van der Waals surface area (Å²) < 4.78 is 5.17. The van der Waals surface area contributed by atoms with Gasteiger partial charge in [0.2, 0.25) is 0 Å². The minimum Gasteiger partial charge on any atom is -0.462 e. The van der Waals surface area contributed by atoms with Crippen LogP contribution >= 0.6 is 12.2 Å². The van der Waals surface area contributed by atoms with Gasteiger partial charge in [-0.15, -0.1) is 0 Å². The van der Waals surface area contributed by atoms with Crippen LogP contribution in [0.15, 0.2) is 48.5 Å². The Morgan fingerprint density at radius 3 is 2.19 bits per heavy atom. The van der Waals surface area contributed by atoms with E-state index in [1.165, 1.54) is 5.56 Å². The van der Waals surface area contributed by atoms with Crippen molar-refractivity contribution in [1.82, 2.24) is 5.32 Å². The number of hydrogen-bond donors (Lipinski definition) is 2. The predicted molar refractivity (Wildman–Crippen MR) is 111 cm³/mol. The van der Waals surface area contributed by atoms with Gasteiger partial charge in [-0.05, 0) is 67.0 Å². The van der Waals surface area contributed by atoms with E-state index in [1.54, 1.807) is 36.4 Å². The maximum atomic E-state index is 12.2. The lowest BCUT2D eigenvalue weighted by atomic mass is 10.1. The van der Waals surface area contributed by atoms with Gasteiger partial charge in [0, 0.05) is 11.3 Å². The van der Waals surface area contributed by atoms with E-state index in [2.05, 4.69) is 17.6 Å². The zero-order valence-electron chi connectivity index (χ0n) is 15.6. The Labute approximate surface area is 165 Å². The van der Waals surface area contributed by atoms with E-state index < -0.39 is 0 Å². The van der Waals surface area contributed by atoms with Gasteiger partial charge in [-0.1, -0.05) is 32.4 Å². The number of aryl methyl sites for hydroxylation is 1. The first kappa shape index (κ1) is 20.6. The van der Waals surface area contributed by atoms with Crippen molar-refractivity contribution < 1.29 is 14.3 Å². The Balaban J connectivity index is 1.87. The molecule has 0 aliphatic carbocycles. The molecule has 6 heteroatoms. The Morgan fingerprint density at radius 1 is 0.963 bits per heavy atom. The molecule has 2 aromatic carbocycles. The molecule has 27 heavy (non-hydrogen) atoms. The second-order valence-corrected chi connectivity index (χ2v) is 6.43. The summed E-state index contributed by atoms with van der Waals surface area (Å²) in [6.07, 6.45) is 2.74. The fourth-order valence-corrected chi connectivity index (χ4v) is 2.52. The van der Waals surface area contributed by atoms with E-state index in [0.29, 0.717) is 23.4 Å². The highest BCUT2D eigenvalue weighted by atomic mass is 32.1. The molecule has 2 rings (SSSR count). The summed E-state index contributed by atoms with van der Waals surface area (Å²) in [5, 5.41) is 5.77. The molecule has 0 aliphatic rings. The molecule has 5 nitrogen and oxygen atoms in total. The molecule has 0 atom stereocenters. The highest BCUT2D eigenvalue weighted by Gasteiger charge is 2.09. The molecule has 0 radical (unpaired) electrons. The number of nitrogens with one attached hydrogen (secondary N) is 2. The van der Waals surface area contributed by atoms with Crippen LogP contribution < -0.4 is 10.6 Å². The summed E-state index contributed by atoms with van der Waals surface area (Å²) in [5.41, 5.74) is 2.86. The van der Waals surface area contributed by atoms with Crippen molar-refractivity contribution in [1.29, 1.82) is 0 Å². The molecular weight excluding hydrogens is 360 g/mol. The predicted octanol–water partition coefficient (Wildman–Crippen LogP) is 4.33. The van der Waals surface area contributed by atoms with Crippen LogP contribution in [-0.2, 0) is 11.2 Å². The van der Waals surface area contributed by atoms with Crippen molar-refractivity contribution in [3.05, 3.63) is 65.2 Å². The average molecular weight is 385 g/mol. The SMILES string of the molecule is CCCCOC(=O)c1ccc(NC(=S)NC(=O)c2ccc(CC)cc2)cc1. The number of anilines is 1. The molecule has 142 valence electrons. The fourth-order valence-electron chi connectivity index (χ4n) is 2.31. The number of carbonyl (C=O) groups excluding carboxylic acids is 2. The average Bonchev–Trinajstić information content (AvgIpc) is 2.68. The van der Waals surface area contributed by atoms with Crippen molar-refractivity contribution >= 4 is 34.9 Å². The number of benzene rings is 2. The summed E-state index contributed by atoms with van der Waals surface area (Å²) in [5.74, 6) is -0.618. The molecule has 0 aromatic heterocycles. The number of rotatable bonds is 7. The largest absolute Gasteiger partial charge is 0.462 e. The van der Waals surface area contributed by atoms with Gasteiger partial charge in [-0.2, -0.15) is 0 Å². The van der Waals surface area contributed by atoms with Gasteiger partial charge in [0.05, 0.1) is 12.2 Å². The zero-order valence-corrected chi connectivity index (χ0v) is 16.4. The number of hydrogen-bond acceptors (Lipinski definition) is 4. The summed E-state index contributed by atoms with van der Waals surface area (Å²) in [6.45, 7) is 4.52. The molecule has 0 saturated heterocycles. The normalized spacial score (nSPS) is 10.1. The molecule has 0 fully saturated rings. The smallest absolute Gasteiger partial charge is 0.338 e.